The molecule has 2 rings (SSSR count). The molecule has 1 heterocycles. The molecule has 1 aromatic rings. The average Bonchev–Trinajstić information content (AvgIpc) is 2.15. The summed E-state index contributed by atoms with van der Waals surface area (Å²) in [6, 6.07) is 3.00. The second-order valence-corrected chi connectivity index (χ2v) is 3.42. The Bertz CT molecular complexity index is 446. The van der Waals surface area contributed by atoms with Crippen molar-refractivity contribution >= 4 is 17.5 Å². The minimum Gasteiger partial charge on any atom is -0.351 e. The highest BCUT2D eigenvalue weighted by atomic mass is 19.1. The van der Waals surface area contributed by atoms with Gasteiger partial charge in [-0.15, -0.1) is 0 Å². The van der Waals surface area contributed by atoms with Crippen molar-refractivity contribution in [2.45, 2.75) is 0 Å². The third-order valence-corrected chi connectivity index (χ3v) is 2.20. The lowest BCUT2D eigenvalue weighted by molar-refractivity contribution is -0.130. The highest BCUT2D eigenvalue weighted by Gasteiger charge is 2.24. The van der Waals surface area contributed by atoms with Crippen LogP contribution in [0.5, 0.6) is 0 Å². The number of imide groups is 1. The van der Waals surface area contributed by atoms with Crippen molar-refractivity contribution in [2.75, 3.05) is 18.0 Å². The number of anilines is 1. The van der Waals surface area contributed by atoms with Gasteiger partial charge >= 0.3 is 0 Å². The molecular formula is C10H8F2N2O2. The molecule has 0 atom stereocenters. The van der Waals surface area contributed by atoms with Gasteiger partial charge in [0.1, 0.15) is 11.6 Å². The first kappa shape index (κ1) is 10.5. The van der Waals surface area contributed by atoms with Crippen molar-refractivity contribution in [2.24, 2.45) is 0 Å². The Labute approximate surface area is 89.8 Å². The van der Waals surface area contributed by atoms with E-state index in [-0.39, 0.29) is 18.8 Å². The summed E-state index contributed by atoms with van der Waals surface area (Å²) in [6.07, 6.45) is 0. The largest absolute Gasteiger partial charge is 0.351 e. The summed E-state index contributed by atoms with van der Waals surface area (Å²) in [5.41, 5.74) is 0.0459. The maximum atomic E-state index is 13.4. The van der Waals surface area contributed by atoms with Crippen LogP contribution in [0.2, 0.25) is 0 Å². The van der Waals surface area contributed by atoms with Gasteiger partial charge in [-0.05, 0) is 12.1 Å². The second kappa shape index (κ2) is 3.88. The summed E-state index contributed by atoms with van der Waals surface area (Å²) >= 11 is 0. The Morgan fingerprint density at radius 2 is 1.75 bits per heavy atom. The predicted octanol–water partition coefficient (Wildman–Crippen LogP) is 0.428. The molecule has 1 aromatic carbocycles. The Morgan fingerprint density at radius 3 is 2.31 bits per heavy atom. The van der Waals surface area contributed by atoms with Crippen LogP contribution in [0.25, 0.3) is 0 Å². The number of carbonyl (C=O) groups is 2. The van der Waals surface area contributed by atoms with Crippen molar-refractivity contribution in [1.82, 2.24) is 5.32 Å². The zero-order valence-corrected chi connectivity index (χ0v) is 8.17. The van der Waals surface area contributed by atoms with Crippen molar-refractivity contribution < 1.29 is 18.4 Å². The van der Waals surface area contributed by atoms with Crippen LogP contribution in [0.15, 0.2) is 18.2 Å². The standard InChI is InChI=1S/C10H8F2N2O2/c11-6-1-2-8(7(12)3-6)14-4-9(15)13-10(16)5-14/h1-3H,4-5H2,(H,13,15,16). The molecule has 16 heavy (non-hydrogen) atoms. The highest BCUT2D eigenvalue weighted by molar-refractivity contribution is 6.02. The lowest BCUT2D eigenvalue weighted by Gasteiger charge is -2.27. The van der Waals surface area contributed by atoms with Gasteiger partial charge in [0.05, 0.1) is 18.8 Å². The molecule has 1 saturated heterocycles. The van der Waals surface area contributed by atoms with E-state index in [9.17, 15) is 18.4 Å². The first-order valence-corrected chi connectivity index (χ1v) is 4.59. The van der Waals surface area contributed by atoms with Crippen molar-refractivity contribution in [3.63, 3.8) is 0 Å². The zero-order valence-electron chi connectivity index (χ0n) is 8.17. The van der Waals surface area contributed by atoms with Crippen molar-refractivity contribution in [3.8, 4) is 0 Å². The van der Waals surface area contributed by atoms with Gasteiger partial charge in [-0.3, -0.25) is 14.9 Å². The van der Waals surface area contributed by atoms with Gasteiger partial charge in [0.25, 0.3) is 0 Å². The Balaban J connectivity index is 2.29. The fraction of sp³-hybridized carbons (Fsp3) is 0.200. The van der Waals surface area contributed by atoms with E-state index in [1.807, 2.05) is 0 Å². The third-order valence-electron chi connectivity index (χ3n) is 2.20. The summed E-state index contributed by atoms with van der Waals surface area (Å²) in [6.45, 7) is -0.234. The van der Waals surface area contributed by atoms with Gasteiger partial charge in [0, 0.05) is 6.07 Å². The Morgan fingerprint density at radius 1 is 1.12 bits per heavy atom. The highest BCUT2D eigenvalue weighted by Crippen LogP contribution is 2.20. The van der Waals surface area contributed by atoms with Crippen LogP contribution in [-0.2, 0) is 9.59 Å². The molecule has 0 aromatic heterocycles. The first-order chi connectivity index (χ1) is 7.56. The number of halogens is 2. The summed E-state index contributed by atoms with van der Waals surface area (Å²) in [5.74, 6) is -2.49. The third kappa shape index (κ3) is 2.00. The van der Waals surface area contributed by atoms with Crippen LogP contribution in [0.4, 0.5) is 14.5 Å². The number of hydrogen-bond donors (Lipinski definition) is 1. The van der Waals surface area contributed by atoms with E-state index >= 15 is 0 Å². The lowest BCUT2D eigenvalue weighted by Crippen LogP contribution is -2.51. The Hall–Kier alpha value is -1.98. The van der Waals surface area contributed by atoms with E-state index in [0.29, 0.717) is 6.07 Å². The molecule has 1 aliphatic rings. The van der Waals surface area contributed by atoms with E-state index < -0.39 is 23.4 Å². The lowest BCUT2D eigenvalue weighted by atomic mass is 10.2. The van der Waals surface area contributed by atoms with Crippen LogP contribution in [-0.4, -0.2) is 24.9 Å². The quantitative estimate of drug-likeness (QED) is 0.706. The van der Waals surface area contributed by atoms with Crippen molar-refractivity contribution in [1.29, 1.82) is 0 Å². The molecule has 1 fully saturated rings. The fourth-order valence-electron chi connectivity index (χ4n) is 1.55. The molecule has 0 bridgehead atoms. The number of amides is 2. The normalized spacial score (nSPS) is 16.2. The van der Waals surface area contributed by atoms with E-state index in [2.05, 4.69) is 5.32 Å². The van der Waals surface area contributed by atoms with E-state index in [1.165, 1.54) is 11.0 Å². The summed E-state index contributed by atoms with van der Waals surface area (Å²) in [5, 5.41) is 2.09. The number of benzene rings is 1. The van der Waals surface area contributed by atoms with E-state index in [4.69, 9.17) is 0 Å². The molecule has 6 heteroatoms. The van der Waals surface area contributed by atoms with Gasteiger partial charge < -0.3 is 4.90 Å². The summed E-state index contributed by atoms with van der Waals surface area (Å²) in [4.78, 5) is 23.4. The van der Waals surface area contributed by atoms with Crippen molar-refractivity contribution in [3.05, 3.63) is 29.8 Å². The van der Waals surface area contributed by atoms with Crippen LogP contribution < -0.4 is 10.2 Å². The van der Waals surface area contributed by atoms with E-state index in [1.54, 1.807) is 0 Å². The minimum absolute atomic E-state index is 0.0459. The Kier molecular flexibility index (Phi) is 2.55. The molecule has 4 nitrogen and oxygen atoms in total. The average molecular weight is 226 g/mol. The summed E-state index contributed by atoms with van der Waals surface area (Å²) in [7, 11) is 0. The van der Waals surface area contributed by atoms with E-state index in [0.717, 1.165) is 6.07 Å². The van der Waals surface area contributed by atoms with Crippen LogP contribution >= 0.6 is 0 Å². The first-order valence-electron chi connectivity index (χ1n) is 4.59. The molecule has 0 aliphatic carbocycles. The number of carbonyl (C=O) groups excluding carboxylic acids is 2. The maximum absolute atomic E-state index is 13.4. The molecule has 0 spiro atoms. The van der Waals surface area contributed by atoms with Crippen LogP contribution in [0, 0.1) is 11.6 Å². The zero-order chi connectivity index (χ0) is 11.7. The number of rotatable bonds is 1. The molecular weight excluding hydrogens is 218 g/mol. The smallest absolute Gasteiger partial charge is 0.246 e. The molecule has 0 radical (unpaired) electrons. The number of piperazine rings is 1. The molecule has 1 N–H and O–H groups in total. The molecule has 1 aliphatic heterocycles. The summed E-state index contributed by atoms with van der Waals surface area (Å²) < 4.78 is 26.0. The molecule has 2 amide bonds. The molecule has 0 unspecified atom stereocenters. The van der Waals surface area contributed by atoms with Gasteiger partial charge in [0.15, 0.2) is 0 Å². The van der Waals surface area contributed by atoms with Gasteiger partial charge in [-0.1, -0.05) is 0 Å². The predicted molar refractivity (Wildman–Crippen MR) is 51.7 cm³/mol. The van der Waals surface area contributed by atoms with Gasteiger partial charge in [0.2, 0.25) is 11.8 Å². The minimum atomic E-state index is -0.789. The SMILES string of the molecule is O=C1CN(c2ccc(F)cc2F)CC(=O)N1. The maximum Gasteiger partial charge on any atom is 0.246 e. The number of nitrogens with one attached hydrogen (secondary N) is 1. The monoisotopic (exact) mass is 226 g/mol. The van der Waals surface area contributed by atoms with Gasteiger partial charge in [-0.25, -0.2) is 8.78 Å². The number of hydrogen-bond acceptors (Lipinski definition) is 3. The second-order valence-electron chi connectivity index (χ2n) is 3.42. The molecule has 84 valence electrons. The molecule has 0 saturated carbocycles. The van der Waals surface area contributed by atoms with Crippen LogP contribution in [0.1, 0.15) is 0 Å². The topological polar surface area (TPSA) is 49.4 Å². The number of nitrogens with zero attached hydrogens (tertiary/aromatic N) is 1. The van der Waals surface area contributed by atoms with Crippen LogP contribution in [0.3, 0.4) is 0 Å². The van der Waals surface area contributed by atoms with Gasteiger partial charge in [-0.2, -0.15) is 0 Å². The fourth-order valence-corrected chi connectivity index (χ4v) is 1.55.